The van der Waals surface area contributed by atoms with Crippen molar-refractivity contribution in [3.8, 4) is 0 Å². The largest absolute Gasteiger partial charge is 0.351 e. The number of likely N-dealkylation sites (N-methyl/N-ethyl adjacent to an activating group) is 1. The first-order chi connectivity index (χ1) is 12.9. The number of carbonyl (C=O) groups is 2. The second-order valence-corrected chi connectivity index (χ2v) is 8.08. The molecule has 1 aliphatic heterocycles. The van der Waals surface area contributed by atoms with Crippen molar-refractivity contribution in [3.05, 3.63) is 35.6 Å². The summed E-state index contributed by atoms with van der Waals surface area (Å²) in [6.45, 7) is 1.62. The molecule has 5 nitrogen and oxygen atoms in total. The Hall–Kier alpha value is -1.95. The number of likely N-dealkylation sites (tertiary alicyclic amines) is 1. The molecule has 0 unspecified atom stereocenters. The maximum atomic E-state index is 13.9. The van der Waals surface area contributed by atoms with Gasteiger partial charge in [0, 0.05) is 37.7 Å². The van der Waals surface area contributed by atoms with E-state index in [0.29, 0.717) is 24.9 Å². The van der Waals surface area contributed by atoms with Gasteiger partial charge in [-0.1, -0.05) is 31.0 Å². The van der Waals surface area contributed by atoms with Crippen molar-refractivity contribution in [2.75, 3.05) is 27.2 Å². The van der Waals surface area contributed by atoms with E-state index in [1.807, 2.05) is 19.0 Å². The molecule has 1 N–H and O–H groups in total. The van der Waals surface area contributed by atoms with Crippen LogP contribution >= 0.6 is 0 Å². The number of hydrogen-bond acceptors (Lipinski definition) is 3. The van der Waals surface area contributed by atoms with Gasteiger partial charge in [-0.15, -0.1) is 0 Å². The van der Waals surface area contributed by atoms with Gasteiger partial charge in [0.05, 0.1) is 5.41 Å². The van der Waals surface area contributed by atoms with Crippen molar-refractivity contribution < 1.29 is 14.0 Å². The SMILES string of the molecule is CN(C)CCN1C(=O)CC[C@]2(C(=O)NCc3ccccc3F)CCCC[C@@H]12. The number of halogens is 1. The Balaban J connectivity index is 1.76. The summed E-state index contributed by atoms with van der Waals surface area (Å²) >= 11 is 0. The fourth-order valence-corrected chi connectivity index (χ4v) is 4.57. The molecule has 27 heavy (non-hydrogen) atoms. The van der Waals surface area contributed by atoms with Gasteiger partial charge < -0.3 is 15.1 Å². The minimum atomic E-state index is -0.538. The number of benzene rings is 1. The lowest BCUT2D eigenvalue weighted by molar-refractivity contribution is -0.155. The molecule has 0 spiro atoms. The van der Waals surface area contributed by atoms with E-state index in [1.165, 1.54) is 6.07 Å². The molecule has 6 heteroatoms. The summed E-state index contributed by atoms with van der Waals surface area (Å²) in [5.74, 6) is -0.180. The highest BCUT2D eigenvalue weighted by atomic mass is 19.1. The van der Waals surface area contributed by atoms with Crippen molar-refractivity contribution in [2.24, 2.45) is 5.41 Å². The molecule has 2 atom stereocenters. The van der Waals surface area contributed by atoms with Gasteiger partial charge in [0.1, 0.15) is 5.82 Å². The molecule has 148 valence electrons. The fourth-order valence-electron chi connectivity index (χ4n) is 4.57. The van der Waals surface area contributed by atoms with Crippen molar-refractivity contribution in [2.45, 2.75) is 51.1 Å². The van der Waals surface area contributed by atoms with E-state index in [-0.39, 0.29) is 30.2 Å². The van der Waals surface area contributed by atoms with E-state index in [0.717, 1.165) is 32.2 Å². The lowest BCUT2D eigenvalue weighted by atomic mass is 9.64. The van der Waals surface area contributed by atoms with Crippen LogP contribution in [0.5, 0.6) is 0 Å². The van der Waals surface area contributed by atoms with Gasteiger partial charge in [-0.3, -0.25) is 9.59 Å². The molecule has 2 amide bonds. The number of nitrogens with one attached hydrogen (secondary N) is 1. The van der Waals surface area contributed by atoms with Crippen LogP contribution < -0.4 is 5.32 Å². The highest BCUT2D eigenvalue weighted by Gasteiger charge is 2.52. The maximum absolute atomic E-state index is 13.9. The highest BCUT2D eigenvalue weighted by Crippen LogP contribution is 2.46. The zero-order chi connectivity index (χ0) is 19.4. The van der Waals surface area contributed by atoms with Crippen molar-refractivity contribution in [1.82, 2.24) is 15.1 Å². The van der Waals surface area contributed by atoms with Gasteiger partial charge in [0.15, 0.2) is 0 Å². The van der Waals surface area contributed by atoms with Gasteiger partial charge in [-0.25, -0.2) is 4.39 Å². The maximum Gasteiger partial charge on any atom is 0.228 e. The molecule has 2 aliphatic rings. The molecular formula is C21H30FN3O2. The van der Waals surface area contributed by atoms with Crippen LogP contribution in [0.25, 0.3) is 0 Å². The first-order valence-electron chi connectivity index (χ1n) is 9.90. The predicted molar refractivity (Wildman–Crippen MR) is 102 cm³/mol. The summed E-state index contributed by atoms with van der Waals surface area (Å²) < 4.78 is 13.9. The highest BCUT2D eigenvalue weighted by molar-refractivity contribution is 5.88. The third kappa shape index (κ3) is 4.15. The van der Waals surface area contributed by atoms with Gasteiger partial charge >= 0.3 is 0 Å². The molecule has 2 fully saturated rings. The first kappa shape index (κ1) is 19.8. The lowest BCUT2D eigenvalue weighted by Gasteiger charge is -2.51. The van der Waals surface area contributed by atoms with E-state index in [2.05, 4.69) is 10.2 Å². The Morgan fingerprint density at radius 1 is 1.30 bits per heavy atom. The topological polar surface area (TPSA) is 52.7 Å². The summed E-state index contributed by atoms with van der Waals surface area (Å²) in [4.78, 5) is 29.8. The number of nitrogens with zero attached hydrogens (tertiary/aromatic N) is 2. The lowest BCUT2D eigenvalue weighted by Crippen LogP contribution is -2.62. The summed E-state index contributed by atoms with van der Waals surface area (Å²) in [6.07, 6.45) is 4.71. The van der Waals surface area contributed by atoms with E-state index in [1.54, 1.807) is 18.2 Å². The summed E-state index contributed by atoms with van der Waals surface area (Å²) in [6, 6.07) is 6.47. The Kier molecular flexibility index (Phi) is 6.15. The Labute approximate surface area is 160 Å². The molecule has 1 aromatic carbocycles. The van der Waals surface area contributed by atoms with Gasteiger partial charge in [-0.2, -0.15) is 0 Å². The number of piperidine rings is 1. The van der Waals surface area contributed by atoms with Crippen LogP contribution in [0.2, 0.25) is 0 Å². The van der Waals surface area contributed by atoms with Crippen molar-refractivity contribution in [1.29, 1.82) is 0 Å². The van der Waals surface area contributed by atoms with E-state index in [9.17, 15) is 14.0 Å². The number of carbonyl (C=O) groups excluding carboxylic acids is 2. The third-order valence-corrected chi connectivity index (χ3v) is 6.11. The quantitative estimate of drug-likeness (QED) is 0.831. The molecule has 1 saturated carbocycles. The fraction of sp³-hybridized carbons (Fsp3) is 0.619. The van der Waals surface area contributed by atoms with E-state index >= 15 is 0 Å². The number of rotatable bonds is 6. The van der Waals surface area contributed by atoms with Gasteiger partial charge in [0.2, 0.25) is 11.8 Å². The predicted octanol–water partition coefficient (Wildman–Crippen LogP) is 2.55. The first-order valence-corrected chi connectivity index (χ1v) is 9.90. The standard InChI is InChI=1S/C21H30FN3O2/c1-24(2)13-14-25-18-9-5-6-11-21(18,12-10-19(25)26)20(27)23-15-16-7-3-4-8-17(16)22/h3-4,7-8,18H,5-6,9-15H2,1-2H3,(H,23,27)/t18-,21-/m1/s1. The zero-order valence-electron chi connectivity index (χ0n) is 16.3. The van der Waals surface area contributed by atoms with Crippen LogP contribution in [0, 0.1) is 11.2 Å². The Bertz CT molecular complexity index is 694. The average Bonchev–Trinajstić information content (AvgIpc) is 2.66. The number of fused-ring (bicyclic) bond motifs is 1. The van der Waals surface area contributed by atoms with Crippen LogP contribution in [0.1, 0.15) is 44.1 Å². The zero-order valence-corrected chi connectivity index (χ0v) is 16.3. The van der Waals surface area contributed by atoms with Crippen LogP contribution in [0.3, 0.4) is 0 Å². The number of amides is 2. The van der Waals surface area contributed by atoms with Crippen LogP contribution in [-0.2, 0) is 16.1 Å². The molecule has 0 radical (unpaired) electrons. The summed E-state index contributed by atoms with van der Waals surface area (Å²) in [7, 11) is 3.98. The molecule has 1 aromatic rings. The Morgan fingerprint density at radius 2 is 2.07 bits per heavy atom. The molecular weight excluding hydrogens is 345 g/mol. The van der Waals surface area contributed by atoms with Gasteiger partial charge in [-0.05, 0) is 39.4 Å². The average molecular weight is 375 g/mol. The third-order valence-electron chi connectivity index (χ3n) is 6.11. The molecule has 0 aromatic heterocycles. The van der Waals surface area contributed by atoms with Crippen LogP contribution in [-0.4, -0.2) is 54.8 Å². The van der Waals surface area contributed by atoms with E-state index in [4.69, 9.17) is 0 Å². The Morgan fingerprint density at radius 3 is 2.81 bits per heavy atom. The van der Waals surface area contributed by atoms with Crippen LogP contribution in [0.4, 0.5) is 4.39 Å². The number of hydrogen-bond donors (Lipinski definition) is 1. The smallest absolute Gasteiger partial charge is 0.228 e. The van der Waals surface area contributed by atoms with Crippen LogP contribution in [0.15, 0.2) is 24.3 Å². The molecule has 1 heterocycles. The second kappa shape index (κ2) is 8.38. The normalized spacial score (nSPS) is 25.4. The minimum Gasteiger partial charge on any atom is -0.351 e. The second-order valence-electron chi connectivity index (χ2n) is 8.08. The summed E-state index contributed by atoms with van der Waals surface area (Å²) in [5.41, 5.74) is -0.0463. The molecule has 1 saturated heterocycles. The summed E-state index contributed by atoms with van der Waals surface area (Å²) in [5, 5.41) is 2.97. The molecule has 1 aliphatic carbocycles. The monoisotopic (exact) mass is 375 g/mol. The molecule has 0 bridgehead atoms. The molecule has 3 rings (SSSR count). The van der Waals surface area contributed by atoms with Crippen molar-refractivity contribution >= 4 is 11.8 Å². The van der Waals surface area contributed by atoms with Crippen molar-refractivity contribution in [3.63, 3.8) is 0 Å². The minimum absolute atomic E-state index is 0.0298. The van der Waals surface area contributed by atoms with Gasteiger partial charge in [0.25, 0.3) is 0 Å². The van der Waals surface area contributed by atoms with E-state index < -0.39 is 5.41 Å².